The Morgan fingerprint density at radius 2 is 0.967 bits per heavy atom. The molecule has 2 amide bonds. The Kier molecular flexibility index (Phi) is 8.56. The number of benzene rings is 2. The number of nitrogens with one attached hydrogen (secondary N) is 2. The first-order chi connectivity index (χ1) is 14.4. The minimum absolute atomic E-state index is 0.167. The van der Waals surface area contributed by atoms with Crippen LogP contribution in [0.15, 0.2) is 48.5 Å². The summed E-state index contributed by atoms with van der Waals surface area (Å²) in [5.41, 5.74) is 1.98. The Hall–Kier alpha value is -3.68. The van der Waals surface area contributed by atoms with E-state index in [1.54, 1.807) is 48.5 Å². The van der Waals surface area contributed by atoms with E-state index in [0.29, 0.717) is 35.3 Å². The van der Waals surface area contributed by atoms with E-state index in [1.165, 1.54) is 14.2 Å². The molecule has 0 aliphatic rings. The van der Waals surface area contributed by atoms with Crippen LogP contribution in [0.3, 0.4) is 0 Å². The summed E-state index contributed by atoms with van der Waals surface area (Å²) in [6, 6.07) is 12.8. The van der Waals surface area contributed by atoms with Crippen molar-refractivity contribution in [3.8, 4) is 0 Å². The van der Waals surface area contributed by atoms with Crippen LogP contribution in [0.5, 0.6) is 0 Å². The number of methoxy groups -OCH3 is 2. The van der Waals surface area contributed by atoms with Crippen molar-refractivity contribution in [3.05, 3.63) is 59.7 Å². The highest BCUT2D eigenvalue weighted by Gasteiger charge is 2.08. The van der Waals surface area contributed by atoms with Crippen LogP contribution in [0.25, 0.3) is 0 Å². The van der Waals surface area contributed by atoms with Crippen molar-refractivity contribution in [1.82, 2.24) is 0 Å². The Morgan fingerprint density at radius 3 is 1.27 bits per heavy atom. The van der Waals surface area contributed by atoms with Gasteiger partial charge in [0.15, 0.2) is 0 Å². The number of anilines is 2. The van der Waals surface area contributed by atoms with Gasteiger partial charge in [-0.05, 0) is 61.4 Å². The number of carbonyl (C=O) groups excluding carboxylic acids is 4. The van der Waals surface area contributed by atoms with Gasteiger partial charge in [-0.15, -0.1) is 0 Å². The van der Waals surface area contributed by atoms with Crippen LogP contribution in [0.2, 0.25) is 0 Å². The minimum atomic E-state index is -0.439. The van der Waals surface area contributed by atoms with Gasteiger partial charge in [-0.1, -0.05) is 0 Å². The average Bonchev–Trinajstić information content (AvgIpc) is 2.76. The number of carbonyl (C=O) groups is 4. The third kappa shape index (κ3) is 7.05. The van der Waals surface area contributed by atoms with Gasteiger partial charge in [0.1, 0.15) is 0 Å². The molecule has 158 valence electrons. The standard InChI is InChI=1S/C22H24N2O6/c1-29-21(27)15-7-11-17(12-8-15)23-19(25)5-3-4-6-20(26)24-18-13-9-16(10-14-18)22(28)30-2/h7-14H,3-6H2,1-2H3,(H,23,25)(H,24,26). The molecule has 0 saturated carbocycles. The molecule has 0 bridgehead atoms. The second-order valence-corrected chi connectivity index (χ2v) is 6.44. The molecule has 0 atom stereocenters. The van der Waals surface area contributed by atoms with Gasteiger partial charge in [-0.2, -0.15) is 0 Å². The molecule has 0 radical (unpaired) electrons. The van der Waals surface area contributed by atoms with Crippen LogP contribution in [0.1, 0.15) is 46.4 Å². The molecule has 2 N–H and O–H groups in total. The summed E-state index contributed by atoms with van der Waals surface area (Å²) in [5, 5.41) is 5.49. The third-order valence-electron chi connectivity index (χ3n) is 4.24. The zero-order valence-corrected chi connectivity index (χ0v) is 16.9. The highest BCUT2D eigenvalue weighted by atomic mass is 16.5. The zero-order chi connectivity index (χ0) is 21.9. The second kappa shape index (κ2) is 11.4. The number of hydrogen-bond donors (Lipinski definition) is 2. The van der Waals surface area contributed by atoms with E-state index in [0.717, 1.165) is 0 Å². The summed E-state index contributed by atoms with van der Waals surface area (Å²) < 4.78 is 9.24. The normalized spacial score (nSPS) is 10.1. The molecule has 0 fully saturated rings. The Bertz CT molecular complexity index is 815. The van der Waals surface area contributed by atoms with E-state index in [-0.39, 0.29) is 24.7 Å². The number of amides is 2. The molecular weight excluding hydrogens is 388 g/mol. The summed E-state index contributed by atoms with van der Waals surface area (Å²) in [5.74, 6) is -1.21. The molecule has 2 aromatic carbocycles. The molecule has 2 rings (SSSR count). The molecule has 0 unspecified atom stereocenters. The molecule has 0 aliphatic heterocycles. The van der Waals surface area contributed by atoms with E-state index < -0.39 is 11.9 Å². The predicted octanol–water partition coefficient (Wildman–Crippen LogP) is 3.40. The zero-order valence-electron chi connectivity index (χ0n) is 16.9. The van der Waals surface area contributed by atoms with Crippen molar-refractivity contribution < 1.29 is 28.7 Å². The number of ether oxygens (including phenoxy) is 2. The molecule has 2 aromatic rings. The summed E-state index contributed by atoms with van der Waals surface area (Å²) in [7, 11) is 2.61. The largest absolute Gasteiger partial charge is 0.465 e. The molecule has 30 heavy (non-hydrogen) atoms. The highest BCUT2D eigenvalue weighted by Crippen LogP contribution is 2.13. The number of unbranched alkanes of at least 4 members (excludes halogenated alkanes) is 1. The van der Waals surface area contributed by atoms with Gasteiger partial charge in [-0.25, -0.2) is 9.59 Å². The lowest BCUT2D eigenvalue weighted by Gasteiger charge is -2.07. The molecule has 0 aliphatic carbocycles. The third-order valence-corrected chi connectivity index (χ3v) is 4.24. The second-order valence-electron chi connectivity index (χ2n) is 6.44. The van der Waals surface area contributed by atoms with Crippen molar-refractivity contribution >= 4 is 35.1 Å². The van der Waals surface area contributed by atoms with Crippen molar-refractivity contribution in [2.24, 2.45) is 0 Å². The van der Waals surface area contributed by atoms with Crippen LogP contribution in [0.4, 0.5) is 11.4 Å². The lowest BCUT2D eigenvalue weighted by molar-refractivity contribution is -0.118. The molecule has 0 spiro atoms. The average molecular weight is 412 g/mol. The lowest BCUT2D eigenvalue weighted by atomic mass is 10.1. The van der Waals surface area contributed by atoms with Crippen molar-refractivity contribution in [1.29, 1.82) is 0 Å². The quantitative estimate of drug-likeness (QED) is 0.482. The minimum Gasteiger partial charge on any atom is -0.465 e. The van der Waals surface area contributed by atoms with E-state index in [2.05, 4.69) is 20.1 Å². The van der Waals surface area contributed by atoms with Gasteiger partial charge in [0.05, 0.1) is 25.3 Å². The monoisotopic (exact) mass is 412 g/mol. The van der Waals surface area contributed by atoms with Crippen LogP contribution in [-0.4, -0.2) is 38.0 Å². The van der Waals surface area contributed by atoms with E-state index in [9.17, 15) is 19.2 Å². The van der Waals surface area contributed by atoms with Crippen molar-refractivity contribution in [2.75, 3.05) is 24.9 Å². The van der Waals surface area contributed by atoms with Crippen LogP contribution >= 0.6 is 0 Å². The highest BCUT2D eigenvalue weighted by molar-refractivity contribution is 5.94. The molecular formula is C22H24N2O6. The SMILES string of the molecule is COC(=O)c1ccc(NC(=O)CCCCC(=O)Nc2ccc(C(=O)OC)cc2)cc1. The van der Waals surface area contributed by atoms with E-state index >= 15 is 0 Å². The summed E-state index contributed by atoms with van der Waals surface area (Å²) >= 11 is 0. The molecule has 0 saturated heterocycles. The van der Waals surface area contributed by atoms with Gasteiger partial charge in [0, 0.05) is 24.2 Å². The van der Waals surface area contributed by atoms with Crippen LogP contribution < -0.4 is 10.6 Å². The molecule has 8 heteroatoms. The Balaban J connectivity index is 1.67. The smallest absolute Gasteiger partial charge is 0.337 e. The Labute approximate surface area is 174 Å². The first kappa shape index (κ1) is 22.6. The topological polar surface area (TPSA) is 111 Å². The fourth-order valence-electron chi connectivity index (χ4n) is 2.63. The van der Waals surface area contributed by atoms with E-state index in [1.807, 2.05) is 0 Å². The molecule has 0 aromatic heterocycles. The first-order valence-corrected chi connectivity index (χ1v) is 9.39. The number of hydrogen-bond acceptors (Lipinski definition) is 6. The summed E-state index contributed by atoms with van der Waals surface area (Å²) in [6.07, 6.45) is 1.67. The van der Waals surface area contributed by atoms with Crippen LogP contribution in [0, 0.1) is 0 Å². The predicted molar refractivity (Wildman–Crippen MR) is 111 cm³/mol. The Morgan fingerprint density at radius 1 is 0.633 bits per heavy atom. The number of esters is 2. The van der Waals surface area contributed by atoms with Crippen molar-refractivity contribution in [3.63, 3.8) is 0 Å². The van der Waals surface area contributed by atoms with Gasteiger partial charge < -0.3 is 20.1 Å². The maximum absolute atomic E-state index is 12.0. The fraction of sp³-hybridized carbons (Fsp3) is 0.273. The van der Waals surface area contributed by atoms with E-state index in [4.69, 9.17) is 0 Å². The van der Waals surface area contributed by atoms with Gasteiger partial charge in [0.2, 0.25) is 11.8 Å². The number of rotatable bonds is 9. The maximum atomic E-state index is 12.0. The molecule has 0 heterocycles. The first-order valence-electron chi connectivity index (χ1n) is 9.39. The maximum Gasteiger partial charge on any atom is 0.337 e. The lowest BCUT2D eigenvalue weighted by Crippen LogP contribution is -2.13. The van der Waals surface area contributed by atoms with Gasteiger partial charge >= 0.3 is 11.9 Å². The molecule has 8 nitrogen and oxygen atoms in total. The van der Waals surface area contributed by atoms with Gasteiger partial charge in [-0.3, -0.25) is 9.59 Å². The van der Waals surface area contributed by atoms with Crippen molar-refractivity contribution in [2.45, 2.75) is 25.7 Å². The van der Waals surface area contributed by atoms with Gasteiger partial charge in [0.25, 0.3) is 0 Å². The fourth-order valence-corrected chi connectivity index (χ4v) is 2.63. The van der Waals surface area contributed by atoms with Crippen LogP contribution in [-0.2, 0) is 19.1 Å². The summed E-state index contributed by atoms with van der Waals surface area (Å²) in [4.78, 5) is 46.8. The summed E-state index contributed by atoms with van der Waals surface area (Å²) in [6.45, 7) is 0.